The van der Waals surface area contributed by atoms with E-state index in [1.807, 2.05) is 59.3 Å². The van der Waals surface area contributed by atoms with E-state index >= 15 is 0 Å². The second-order valence-electron chi connectivity index (χ2n) is 7.51. The van der Waals surface area contributed by atoms with Crippen molar-refractivity contribution in [3.05, 3.63) is 70.8 Å². The fourth-order valence-electron chi connectivity index (χ4n) is 4.08. The minimum absolute atomic E-state index is 0.0609. The Labute approximate surface area is 178 Å². The molecule has 8 heteroatoms. The highest BCUT2D eigenvalue weighted by atomic mass is 32.2. The van der Waals surface area contributed by atoms with Crippen LogP contribution >= 0.6 is 11.8 Å². The minimum atomic E-state index is -0.0609. The third-order valence-corrected chi connectivity index (χ3v) is 6.50. The molecular weight excluding hydrogens is 396 g/mol. The molecule has 0 N–H and O–H groups in total. The third kappa shape index (κ3) is 3.63. The van der Waals surface area contributed by atoms with Gasteiger partial charge in [0.25, 0.3) is 5.56 Å². The summed E-state index contributed by atoms with van der Waals surface area (Å²) in [5, 5.41) is 13.8. The van der Waals surface area contributed by atoms with Crippen LogP contribution in [0.2, 0.25) is 0 Å². The van der Waals surface area contributed by atoms with E-state index in [1.165, 1.54) is 31.0 Å². The van der Waals surface area contributed by atoms with Crippen molar-refractivity contribution in [2.75, 3.05) is 0 Å². The van der Waals surface area contributed by atoms with Gasteiger partial charge in [-0.05, 0) is 47.5 Å². The highest BCUT2D eigenvalue weighted by Crippen LogP contribution is 2.31. The third-order valence-electron chi connectivity index (χ3n) is 5.57. The predicted molar refractivity (Wildman–Crippen MR) is 117 cm³/mol. The van der Waals surface area contributed by atoms with Gasteiger partial charge >= 0.3 is 0 Å². The maximum absolute atomic E-state index is 13.3. The number of hydrogen-bond acceptors (Lipinski definition) is 6. The van der Waals surface area contributed by atoms with E-state index in [9.17, 15) is 4.79 Å². The van der Waals surface area contributed by atoms with Gasteiger partial charge < -0.3 is 0 Å². The number of tetrazole rings is 1. The molecule has 1 saturated carbocycles. The summed E-state index contributed by atoms with van der Waals surface area (Å²) in [7, 11) is 0. The van der Waals surface area contributed by atoms with E-state index in [-0.39, 0.29) is 5.56 Å². The lowest BCUT2D eigenvalue weighted by Gasteiger charge is -2.22. The van der Waals surface area contributed by atoms with Crippen LogP contribution in [0.3, 0.4) is 0 Å². The molecule has 2 aromatic heterocycles. The molecule has 0 aliphatic heterocycles. The lowest BCUT2D eigenvalue weighted by atomic mass is 9.96. The lowest BCUT2D eigenvalue weighted by Crippen LogP contribution is -2.23. The van der Waals surface area contributed by atoms with Crippen molar-refractivity contribution in [3.63, 3.8) is 0 Å². The Kier molecular flexibility index (Phi) is 5.31. The molecule has 4 aromatic rings. The van der Waals surface area contributed by atoms with Crippen LogP contribution in [-0.2, 0) is 5.75 Å². The Balaban J connectivity index is 1.52. The molecule has 1 fully saturated rings. The van der Waals surface area contributed by atoms with Crippen LogP contribution < -0.4 is 5.56 Å². The van der Waals surface area contributed by atoms with Crippen LogP contribution in [-0.4, -0.2) is 29.8 Å². The number of aromatic nitrogens is 6. The van der Waals surface area contributed by atoms with Crippen LogP contribution in [0.25, 0.3) is 16.6 Å². The maximum Gasteiger partial charge on any atom is 0.265 e. The van der Waals surface area contributed by atoms with Crippen LogP contribution in [0, 0.1) is 0 Å². The molecule has 2 heterocycles. The molecule has 0 atom stereocenters. The van der Waals surface area contributed by atoms with Gasteiger partial charge in [0.05, 0.1) is 28.4 Å². The van der Waals surface area contributed by atoms with Gasteiger partial charge in [-0.3, -0.25) is 9.36 Å². The van der Waals surface area contributed by atoms with Gasteiger partial charge in [-0.15, -0.1) is 5.10 Å². The van der Waals surface area contributed by atoms with Crippen molar-refractivity contribution in [1.29, 1.82) is 0 Å². The first kappa shape index (κ1) is 19.0. The summed E-state index contributed by atoms with van der Waals surface area (Å²) in [6.45, 7) is 0. The van der Waals surface area contributed by atoms with Gasteiger partial charge in [-0.2, -0.15) is 0 Å². The molecule has 30 heavy (non-hydrogen) atoms. The summed E-state index contributed by atoms with van der Waals surface area (Å²) >= 11 is 1.53. The Morgan fingerprint density at radius 2 is 1.73 bits per heavy atom. The second kappa shape index (κ2) is 8.39. The van der Waals surface area contributed by atoms with Crippen LogP contribution in [0.1, 0.15) is 44.0 Å². The normalized spacial score (nSPS) is 14.9. The Bertz CT molecular complexity index is 1210. The number of thioether (sulfide) groups is 1. The summed E-state index contributed by atoms with van der Waals surface area (Å²) in [5.41, 5.74) is 1.45. The SMILES string of the molecule is O=c1c2ccccc2nc(CSc2nnnn2C2CCCCC2)n1-c1ccccc1. The maximum atomic E-state index is 13.3. The van der Waals surface area contributed by atoms with Crippen molar-refractivity contribution >= 4 is 22.7 Å². The van der Waals surface area contributed by atoms with Crippen molar-refractivity contribution in [2.45, 2.75) is 49.1 Å². The summed E-state index contributed by atoms with van der Waals surface area (Å²) in [6, 6.07) is 17.5. The first-order chi connectivity index (χ1) is 14.8. The molecule has 152 valence electrons. The Morgan fingerprint density at radius 1 is 0.967 bits per heavy atom. The van der Waals surface area contributed by atoms with Gasteiger partial charge in [0, 0.05) is 0 Å². The van der Waals surface area contributed by atoms with Gasteiger partial charge in [0.2, 0.25) is 5.16 Å². The summed E-state index contributed by atoms with van der Waals surface area (Å²) < 4.78 is 3.65. The van der Waals surface area contributed by atoms with Gasteiger partial charge in [0.15, 0.2) is 0 Å². The van der Waals surface area contributed by atoms with E-state index in [1.54, 1.807) is 4.57 Å². The molecule has 2 aromatic carbocycles. The molecule has 0 amide bonds. The molecule has 7 nitrogen and oxygen atoms in total. The molecule has 0 bridgehead atoms. The van der Waals surface area contributed by atoms with Gasteiger partial charge in [-0.25, -0.2) is 9.67 Å². The first-order valence-electron chi connectivity index (χ1n) is 10.3. The van der Waals surface area contributed by atoms with Gasteiger partial charge in [0.1, 0.15) is 5.82 Å². The van der Waals surface area contributed by atoms with Gasteiger partial charge in [-0.1, -0.05) is 61.4 Å². The van der Waals surface area contributed by atoms with Crippen LogP contribution in [0.15, 0.2) is 64.5 Å². The lowest BCUT2D eigenvalue weighted by molar-refractivity contribution is 0.307. The monoisotopic (exact) mass is 418 g/mol. The average molecular weight is 419 g/mol. The standard InChI is InChI=1S/C22H22N6OS/c29-21-18-13-7-8-14-19(18)23-20(27(21)16-9-3-1-4-10-16)15-30-22-24-25-26-28(22)17-11-5-2-6-12-17/h1,3-4,7-10,13-14,17H,2,5-6,11-12,15H2. The highest BCUT2D eigenvalue weighted by molar-refractivity contribution is 7.98. The van der Waals surface area contributed by atoms with E-state index < -0.39 is 0 Å². The largest absolute Gasteiger partial charge is 0.268 e. The average Bonchev–Trinajstić information content (AvgIpc) is 3.28. The number of rotatable bonds is 5. The molecule has 0 unspecified atom stereocenters. The Hall–Kier alpha value is -3.00. The molecule has 1 aliphatic rings. The predicted octanol–water partition coefficient (Wildman–Crippen LogP) is 4.17. The van der Waals surface area contributed by atoms with Crippen molar-refractivity contribution in [2.24, 2.45) is 0 Å². The van der Waals surface area contributed by atoms with Crippen LogP contribution in [0.4, 0.5) is 0 Å². The number of para-hydroxylation sites is 2. The topological polar surface area (TPSA) is 78.5 Å². The molecule has 5 rings (SSSR count). The minimum Gasteiger partial charge on any atom is -0.268 e. The zero-order valence-corrected chi connectivity index (χ0v) is 17.3. The smallest absolute Gasteiger partial charge is 0.265 e. The number of nitrogens with zero attached hydrogens (tertiary/aromatic N) is 6. The number of fused-ring (bicyclic) bond motifs is 1. The summed E-state index contributed by atoms with van der Waals surface area (Å²) in [6.07, 6.45) is 5.94. The fourth-order valence-corrected chi connectivity index (χ4v) is 4.95. The summed E-state index contributed by atoms with van der Waals surface area (Å²) in [4.78, 5) is 18.1. The molecule has 0 spiro atoms. The molecule has 1 aliphatic carbocycles. The molecule has 0 saturated heterocycles. The van der Waals surface area contributed by atoms with E-state index in [0.717, 1.165) is 23.7 Å². The zero-order valence-electron chi connectivity index (χ0n) is 16.5. The van der Waals surface area contributed by atoms with Crippen molar-refractivity contribution in [3.8, 4) is 5.69 Å². The number of hydrogen-bond donors (Lipinski definition) is 0. The summed E-state index contributed by atoms with van der Waals surface area (Å²) in [5.74, 6) is 1.19. The zero-order chi connectivity index (χ0) is 20.3. The quantitative estimate of drug-likeness (QED) is 0.453. The number of benzene rings is 2. The Morgan fingerprint density at radius 3 is 2.57 bits per heavy atom. The molecule has 0 radical (unpaired) electrons. The molecular formula is C22H22N6OS. The first-order valence-corrected chi connectivity index (χ1v) is 11.3. The van der Waals surface area contributed by atoms with E-state index in [2.05, 4.69) is 15.5 Å². The van der Waals surface area contributed by atoms with Crippen molar-refractivity contribution in [1.82, 2.24) is 29.8 Å². The fraction of sp³-hybridized carbons (Fsp3) is 0.318. The second-order valence-corrected chi connectivity index (χ2v) is 8.45. The van der Waals surface area contributed by atoms with E-state index in [4.69, 9.17) is 4.98 Å². The van der Waals surface area contributed by atoms with Crippen molar-refractivity contribution < 1.29 is 0 Å². The highest BCUT2D eigenvalue weighted by Gasteiger charge is 2.21. The van der Waals surface area contributed by atoms with Crippen LogP contribution in [0.5, 0.6) is 0 Å². The van der Waals surface area contributed by atoms with E-state index in [0.29, 0.717) is 28.5 Å².